The summed E-state index contributed by atoms with van der Waals surface area (Å²) in [6.45, 7) is 0.565. The van der Waals surface area contributed by atoms with Crippen LogP contribution in [0.15, 0.2) is 36.4 Å². The largest absolute Gasteiger partial charge is 0.495 e. The van der Waals surface area contributed by atoms with Gasteiger partial charge in [-0.1, -0.05) is 29.3 Å². The molecule has 0 radical (unpaired) electrons. The number of ether oxygens (including phenoxy) is 1. The second-order valence-electron chi connectivity index (χ2n) is 4.16. The van der Waals surface area contributed by atoms with E-state index in [-0.39, 0.29) is 0 Å². The normalized spacial score (nSPS) is 9.90. The van der Waals surface area contributed by atoms with Crippen LogP contribution in [-0.2, 0) is 6.54 Å². The smallest absolute Gasteiger partial charge is 0.136 e. The summed E-state index contributed by atoms with van der Waals surface area (Å²) in [5, 5.41) is 13.4. The molecule has 0 aromatic heterocycles. The third-order valence-corrected chi connectivity index (χ3v) is 3.18. The van der Waals surface area contributed by atoms with Crippen LogP contribution < -0.4 is 10.1 Å². The number of nitriles is 1. The molecule has 3 nitrogen and oxygen atoms in total. The van der Waals surface area contributed by atoms with Gasteiger partial charge in [0, 0.05) is 22.3 Å². The lowest BCUT2D eigenvalue weighted by molar-refractivity contribution is 0.413. The highest BCUT2D eigenvalue weighted by Gasteiger charge is 2.04. The molecule has 0 aliphatic heterocycles. The van der Waals surface area contributed by atoms with E-state index in [0.717, 1.165) is 11.3 Å². The van der Waals surface area contributed by atoms with Crippen LogP contribution in [-0.4, -0.2) is 7.11 Å². The van der Waals surface area contributed by atoms with Crippen molar-refractivity contribution in [2.24, 2.45) is 0 Å². The molecule has 0 fully saturated rings. The van der Waals surface area contributed by atoms with Crippen molar-refractivity contribution in [1.82, 2.24) is 0 Å². The zero-order valence-corrected chi connectivity index (χ0v) is 12.3. The fourth-order valence-electron chi connectivity index (χ4n) is 1.81. The first-order chi connectivity index (χ1) is 9.62. The van der Waals surface area contributed by atoms with Crippen molar-refractivity contribution in [2.45, 2.75) is 6.54 Å². The summed E-state index contributed by atoms with van der Waals surface area (Å²) in [6.07, 6.45) is 0. The molecule has 20 heavy (non-hydrogen) atoms. The fraction of sp³-hybridized carbons (Fsp3) is 0.133. The van der Waals surface area contributed by atoms with E-state index in [1.54, 1.807) is 37.4 Å². The maximum Gasteiger partial charge on any atom is 0.136 e. The van der Waals surface area contributed by atoms with Gasteiger partial charge in [0.05, 0.1) is 12.7 Å². The Balaban J connectivity index is 2.13. The summed E-state index contributed by atoms with van der Waals surface area (Å²) < 4.78 is 5.11. The minimum atomic E-state index is 0.510. The minimum absolute atomic E-state index is 0.510. The number of nitrogens with one attached hydrogen (secondary N) is 1. The van der Waals surface area contributed by atoms with Crippen molar-refractivity contribution in [2.75, 3.05) is 12.4 Å². The van der Waals surface area contributed by atoms with E-state index in [4.69, 9.17) is 33.2 Å². The lowest BCUT2D eigenvalue weighted by atomic mass is 10.1. The Morgan fingerprint density at radius 2 is 1.85 bits per heavy atom. The van der Waals surface area contributed by atoms with Gasteiger partial charge in [0.15, 0.2) is 0 Å². The third kappa shape index (κ3) is 3.57. The zero-order chi connectivity index (χ0) is 14.5. The molecule has 0 spiro atoms. The molecule has 0 aliphatic rings. The van der Waals surface area contributed by atoms with E-state index in [1.165, 1.54) is 0 Å². The zero-order valence-electron chi connectivity index (χ0n) is 10.8. The molecule has 2 aromatic carbocycles. The number of methoxy groups -OCH3 is 1. The Hall–Kier alpha value is -1.89. The van der Waals surface area contributed by atoms with Crippen LogP contribution in [0, 0.1) is 11.3 Å². The van der Waals surface area contributed by atoms with Crippen LogP contribution in [0.5, 0.6) is 5.75 Å². The number of halogens is 2. The highest BCUT2D eigenvalue weighted by molar-refractivity contribution is 6.35. The first kappa shape index (κ1) is 14.5. The molecule has 5 heteroatoms. The molecular formula is C15H12Cl2N2O. The maximum atomic E-state index is 9.05. The van der Waals surface area contributed by atoms with Crippen molar-refractivity contribution in [1.29, 1.82) is 5.26 Å². The maximum absolute atomic E-state index is 9.05. The molecule has 0 atom stereocenters. The first-order valence-corrected chi connectivity index (χ1v) is 6.65. The van der Waals surface area contributed by atoms with E-state index >= 15 is 0 Å². The van der Waals surface area contributed by atoms with Crippen molar-refractivity contribution >= 4 is 28.9 Å². The summed E-state index contributed by atoms with van der Waals surface area (Å²) >= 11 is 11.9. The fourth-order valence-corrected chi connectivity index (χ4v) is 2.34. The second kappa shape index (κ2) is 6.51. The van der Waals surface area contributed by atoms with Gasteiger partial charge in [0.1, 0.15) is 11.8 Å². The predicted octanol–water partition coefficient (Wildman–Crippen LogP) is 4.49. The summed E-state index contributed by atoms with van der Waals surface area (Å²) in [4.78, 5) is 0. The molecule has 1 N–H and O–H groups in total. The average molecular weight is 307 g/mol. The Morgan fingerprint density at radius 3 is 2.45 bits per heavy atom. The number of benzene rings is 2. The Morgan fingerprint density at radius 1 is 1.15 bits per heavy atom. The van der Waals surface area contributed by atoms with Gasteiger partial charge in [-0.15, -0.1) is 0 Å². The lowest BCUT2D eigenvalue weighted by Crippen LogP contribution is -2.00. The molecule has 0 amide bonds. The Labute approximate surface area is 127 Å². The molecule has 0 saturated carbocycles. The highest BCUT2D eigenvalue weighted by atomic mass is 35.5. The summed E-state index contributed by atoms with van der Waals surface area (Å²) in [5.41, 5.74) is 2.31. The molecule has 2 aromatic rings. The minimum Gasteiger partial charge on any atom is -0.495 e. The average Bonchev–Trinajstić information content (AvgIpc) is 2.43. The van der Waals surface area contributed by atoms with Gasteiger partial charge in [0.2, 0.25) is 0 Å². The monoisotopic (exact) mass is 306 g/mol. The van der Waals surface area contributed by atoms with Crippen molar-refractivity contribution in [3.05, 3.63) is 57.6 Å². The van der Waals surface area contributed by atoms with Crippen molar-refractivity contribution < 1.29 is 4.74 Å². The summed E-state index contributed by atoms with van der Waals surface area (Å²) in [6, 6.07) is 12.8. The van der Waals surface area contributed by atoms with Crippen LogP contribution in [0.3, 0.4) is 0 Å². The molecule has 0 aliphatic carbocycles. The van der Waals surface area contributed by atoms with Gasteiger partial charge in [-0.05, 0) is 35.9 Å². The Kier molecular flexibility index (Phi) is 4.73. The van der Waals surface area contributed by atoms with Gasteiger partial charge >= 0.3 is 0 Å². The van der Waals surface area contributed by atoms with E-state index < -0.39 is 0 Å². The van der Waals surface area contributed by atoms with Crippen LogP contribution in [0.1, 0.15) is 11.1 Å². The molecule has 2 rings (SSSR count). The molecule has 0 saturated heterocycles. The number of rotatable bonds is 4. The van der Waals surface area contributed by atoms with E-state index in [0.29, 0.717) is 27.9 Å². The predicted molar refractivity (Wildman–Crippen MR) is 81.5 cm³/mol. The number of nitrogens with zero attached hydrogens (tertiary/aromatic N) is 1. The molecule has 0 heterocycles. The number of hydrogen-bond acceptors (Lipinski definition) is 3. The Bertz CT molecular complexity index is 645. The van der Waals surface area contributed by atoms with Crippen molar-refractivity contribution in [3.63, 3.8) is 0 Å². The quantitative estimate of drug-likeness (QED) is 0.905. The van der Waals surface area contributed by atoms with Crippen LogP contribution in [0.2, 0.25) is 10.0 Å². The van der Waals surface area contributed by atoms with Gasteiger partial charge in [0.25, 0.3) is 0 Å². The van der Waals surface area contributed by atoms with Gasteiger partial charge in [-0.25, -0.2) is 0 Å². The van der Waals surface area contributed by atoms with E-state index in [2.05, 4.69) is 11.4 Å². The van der Waals surface area contributed by atoms with E-state index in [1.807, 2.05) is 6.07 Å². The van der Waals surface area contributed by atoms with Crippen LogP contribution in [0.25, 0.3) is 0 Å². The van der Waals surface area contributed by atoms with Crippen molar-refractivity contribution in [3.8, 4) is 11.8 Å². The molecule has 0 bridgehead atoms. The van der Waals surface area contributed by atoms with Gasteiger partial charge < -0.3 is 10.1 Å². The molecule has 0 unspecified atom stereocenters. The summed E-state index contributed by atoms with van der Waals surface area (Å²) in [5.74, 6) is 0.571. The SMILES string of the molecule is COc1ccc(CNc2cc(Cl)cc(Cl)c2)cc1C#N. The standard InChI is InChI=1S/C15H12Cl2N2O/c1-20-15-3-2-10(4-11(15)8-18)9-19-14-6-12(16)5-13(17)7-14/h2-7,19H,9H2,1H3. The van der Waals surface area contributed by atoms with Gasteiger partial charge in [-0.2, -0.15) is 5.26 Å². The number of anilines is 1. The molecule has 102 valence electrons. The second-order valence-corrected chi connectivity index (χ2v) is 5.03. The first-order valence-electron chi connectivity index (χ1n) is 5.89. The van der Waals surface area contributed by atoms with Crippen LogP contribution in [0.4, 0.5) is 5.69 Å². The lowest BCUT2D eigenvalue weighted by Gasteiger charge is -2.09. The topological polar surface area (TPSA) is 45.0 Å². The third-order valence-electron chi connectivity index (χ3n) is 2.74. The highest BCUT2D eigenvalue weighted by Crippen LogP contribution is 2.24. The summed E-state index contributed by atoms with van der Waals surface area (Å²) in [7, 11) is 1.54. The van der Waals surface area contributed by atoms with E-state index in [9.17, 15) is 0 Å². The molecular weight excluding hydrogens is 295 g/mol. The number of hydrogen-bond donors (Lipinski definition) is 1. The van der Waals surface area contributed by atoms with Crippen LogP contribution >= 0.6 is 23.2 Å². The van der Waals surface area contributed by atoms with Gasteiger partial charge in [-0.3, -0.25) is 0 Å².